The molecule has 4 rings (SSSR count). The Labute approximate surface area is 204 Å². The van der Waals surface area contributed by atoms with Crippen LogP contribution in [-0.4, -0.2) is 29.4 Å². The molecule has 0 radical (unpaired) electrons. The molecule has 1 aromatic heterocycles. The second-order valence-corrected chi connectivity index (χ2v) is 7.38. The number of aromatic nitrogens is 2. The maximum Gasteiger partial charge on any atom is 0.188 e. The normalized spacial score (nSPS) is 11.0. The number of rotatable bonds is 8. The number of methoxy groups -OCH3 is 1. The number of benzene rings is 3. The van der Waals surface area contributed by atoms with E-state index in [0.29, 0.717) is 19.0 Å². The molecule has 0 aliphatic rings. The van der Waals surface area contributed by atoms with Gasteiger partial charge < -0.3 is 15.8 Å². The van der Waals surface area contributed by atoms with Gasteiger partial charge in [0, 0.05) is 23.9 Å². The summed E-state index contributed by atoms with van der Waals surface area (Å²) in [5, 5.41) is 8.02. The lowest BCUT2D eigenvalue weighted by molar-refractivity contribution is 0.414. The molecule has 170 valence electrons. The smallest absolute Gasteiger partial charge is 0.188 e. The Balaban J connectivity index is 0.00000306. The van der Waals surface area contributed by atoms with Gasteiger partial charge >= 0.3 is 0 Å². The van der Waals surface area contributed by atoms with Crippen LogP contribution in [0.4, 0.5) is 0 Å². The van der Waals surface area contributed by atoms with Gasteiger partial charge in [-0.15, -0.1) is 17.0 Å². The number of para-hydroxylation sites is 1. The quantitative estimate of drug-likeness (QED) is 0.267. The molecule has 0 spiro atoms. The first kappa shape index (κ1) is 24.1. The number of nitrogens with zero attached hydrogens (tertiary/aromatic N) is 3. The number of nitrogens with two attached hydrogens (primary N) is 1. The van der Waals surface area contributed by atoms with Crippen LogP contribution in [0.15, 0.2) is 96.1 Å². The summed E-state index contributed by atoms with van der Waals surface area (Å²) in [6, 6.07) is 28.2. The highest BCUT2D eigenvalue weighted by molar-refractivity contribution is 8.93. The van der Waals surface area contributed by atoms with Gasteiger partial charge in [0.05, 0.1) is 25.0 Å². The summed E-state index contributed by atoms with van der Waals surface area (Å²) in [4.78, 5) is 4.56. The molecule has 0 amide bonds. The molecular weight excluding hydrogens is 478 g/mol. The van der Waals surface area contributed by atoms with Crippen LogP contribution in [0.1, 0.15) is 11.1 Å². The Morgan fingerprint density at radius 2 is 1.64 bits per heavy atom. The molecule has 0 unspecified atom stereocenters. The van der Waals surface area contributed by atoms with Crippen molar-refractivity contribution in [1.82, 2.24) is 15.1 Å². The van der Waals surface area contributed by atoms with Crippen molar-refractivity contribution in [2.75, 3.05) is 13.7 Å². The Hall–Kier alpha value is -3.58. The van der Waals surface area contributed by atoms with Gasteiger partial charge in [0.15, 0.2) is 5.96 Å². The second-order valence-electron chi connectivity index (χ2n) is 7.38. The zero-order valence-electron chi connectivity index (χ0n) is 18.5. The summed E-state index contributed by atoms with van der Waals surface area (Å²) in [6.45, 7) is 1.15. The first-order valence-electron chi connectivity index (χ1n) is 10.6. The van der Waals surface area contributed by atoms with Gasteiger partial charge in [-0.25, -0.2) is 9.67 Å². The fourth-order valence-electron chi connectivity index (χ4n) is 3.43. The first-order chi connectivity index (χ1) is 15.7. The topological polar surface area (TPSA) is 77.5 Å². The molecule has 3 N–H and O–H groups in total. The SMILES string of the molecule is Br.COc1ccc(CCNC(N)=NCc2cn(-c3ccccc3)nc2-c2ccccc2)cc1. The molecule has 7 heteroatoms. The highest BCUT2D eigenvalue weighted by Crippen LogP contribution is 2.24. The van der Waals surface area contributed by atoms with Gasteiger partial charge in [-0.1, -0.05) is 60.7 Å². The minimum absolute atomic E-state index is 0. The highest BCUT2D eigenvalue weighted by Gasteiger charge is 2.12. The van der Waals surface area contributed by atoms with Crippen molar-refractivity contribution in [3.8, 4) is 22.7 Å². The maximum absolute atomic E-state index is 6.13. The van der Waals surface area contributed by atoms with E-state index < -0.39 is 0 Å². The van der Waals surface area contributed by atoms with Gasteiger partial charge in [-0.2, -0.15) is 5.10 Å². The summed E-state index contributed by atoms with van der Waals surface area (Å²) >= 11 is 0. The molecule has 6 nitrogen and oxygen atoms in total. The fourth-order valence-corrected chi connectivity index (χ4v) is 3.43. The van der Waals surface area contributed by atoms with E-state index in [1.165, 1.54) is 5.56 Å². The zero-order chi connectivity index (χ0) is 22.2. The number of ether oxygens (including phenoxy) is 1. The molecule has 0 saturated heterocycles. The Kier molecular flexibility index (Phi) is 8.66. The number of halogens is 1. The fraction of sp³-hybridized carbons (Fsp3) is 0.154. The molecule has 0 aliphatic carbocycles. The predicted octanol–water partition coefficient (Wildman–Crippen LogP) is 4.77. The number of hydrogen-bond donors (Lipinski definition) is 2. The van der Waals surface area contributed by atoms with Crippen molar-refractivity contribution < 1.29 is 4.74 Å². The monoisotopic (exact) mass is 505 g/mol. The molecule has 0 saturated carbocycles. The van der Waals surface area contributed by atoms with E-state index in [1.54, 1.807) is 7.11 Å². The van der Waals surface area contributed by atoms with E-state index in [2.05, 4.69) is 34.6 Å². The van der Waals surface area contributed by atoms with Crippen LogP contribution in [0.5, 0.6) is 5.75 Å². The van der Waals surface area contributed by atoms with E-state index in [0.717, 1.165) is 34.7 Å². The Bertz CT molecular complexity index is 1160. The third-order valence-corrected chi connectivity index (χ3v) is 5.16. The van der Waals surface area contributed by atoms with E-state index >= 15 is 0 Å². The van der Waals surface area contributed by atoms with E-state index in [4.69, 9.17) is 15.6 Å². The number of hydrogen-bond acceptors (Lipinski definition) is 3. The van der Waals surface area contributed by atoms with Gasteiger partial charge in [0.25, 0.3) is 0 Å². The van der Waals surface area contributed by atoms with Crippen molar-refractivity contribution in [2.24, 2.45) is 10.7 Å². The van der Waals surface area contributed by atoms with Crippen molar-refractivity contribution >= 4 is 22.9 Å². The largest absolute Gasteiger partial charge is 0.497 e. The number of aliphatic imine (C=N–C) groups is 1. The molecule has 0 aliphatic heterocycles. The number of guanidine groups is 1. The lowest BCUT2D eigenvalue weighted by Crippen LogP contribution is -2.33. The van der Waals surface area contributed by atoms with Crippen molar-refractivity contribution in [1.29, 1.82) is 0 Å². The van der Waals surface area contributed by atoms with Crippen LogP contribution in [-0.2, 0) is 13.0 Å². The molecule has 0 fully saturated rings. The highest BCUT2D eigenvalue weighted by atomic mass is 79.9. The van der Waals surface area contributed by atoms with Gasteiger partial charge in [0.1, 0.15) is 5.75 Å². The van der Waals surface area contributed by atoms with Crippen molar-refractivity contribution in [3.05, 3.63) is 102 Å². The van der Waals surface area contributed by atoms with Crippen LogP contribution < -0.4 is 15.8 Å². The van der Waals surface area contributed by atoms with Gasteiger partial charge in [-0.3, -0.25) is 0 Å². The van der Waals surface area contributed by atoms with Crippen molar-refractivity contribution in [2.45, 2.75) is 13.0 Å². The minimum Gasteiger partial charge on any atom is -0.497 e. The summed E-state index contributed by atoms with van der Waals surface area (Å²) < 4.78 is 7.09. The Morgan fingerprint density at radius 3 is 2.30 bits per heavy atom. The van der Waals surface area contributed by atoms with E-state index in [1.807, 2.05) is 71.5 Å². The van der Waals surface area contributed by atoms with Crippen molar-refractivity contribution in [3.63, 3.8) is 0 Å². The summed E-state index contributed by atoms with van der Waals surface area (Å²) in [5.74, 6) is 1.28. The van der Waals surface area contributed by atoms with Gasteiger partial charge in [0.2, 0.25) is 0 Å². The molecule has 33 heavy (non-hydrogen) atoms. The molecule has 0 atom stereocenters. The second kappa shape index (κ2) is 11.9. The average Bonchev–Trinajstić information content (AvgIpc) is 3.29. The molecule has 0 bridgehead atoms. The number of nitrogens with one attached hydrogen (secondary N) is 1. The summed E-state index contributed by atoms with van der Waals surface area (Å²) in [5.41, 5.74) is 11.3. The first-order valence-corrected chi connectivity index (χ1v) is 10.6. The predicted molar refractivity (Wildman–Crippen MR) is 139 cm³/mol. The molecule has 4 aromatic rings. The molecular formula is C26H28BrN5O. The summed E-state index contributed by atoms with van der Waals surface area (Å²) in [6.07, 6.45) is 2.87. The third-order valence-electron chi connectivity index (χ3n) is 5.16. The van der Waals surface area contributed by atoms with Crippen LogP contribution >= 0.6 is 17.0 Å². The molecule has 1 heterocycles. The Morgan fingerprint density at radius 1 is 0.970 bits per heavy atom. The average molecular weight is 506 g/mol. The minimum atomic E-state index is 0. The van der Waals surface area contributed by atoms with Crippen LogP contribution in [0.25, 0.3) is 16.9 Å². The van der Waals surface area contributed by atoms with E-state index in [-0.39, 0.29) is 17.0 Å². The zero-order valence-corrected chi connectivity index (χ0v) is 20.2. The van der Waals surface area contributed by atoms with Crippen LogP contribution in [0, 0.1) is 0 Å². The maximum atomic E-state index is 6.13. The lowest BCUT2D eigenvalue weighted by atomic mass is 10.1. The third kappa shape index (κ3) is 6.46. The molecule has 3 aromatic carbocycles. The standard InChI is InChI=1S/C26H27N5O.BrH/c1-32-24-14-12-20(13-15-24)16-17-28-26(27)29-18-22-19-31(23-10-6-3-7-11-23)30-25(22)21-8-4-2-5-9-21;/h2-15,19H,16-18H2,1H3,(H3,27,28,29);1H. The summed E-state index contributed by atoms with van der Waals surface area (Å²) in [7, 11) is 1.67. The lowest BCUT2D eigenvalue weighted by Gasteiger charge is -2.07. The van der Waals surface area contributed by atoms with Gasteiger partial charge in [-0.05, 0) is 36.2 Å². The van der Waals surface area contributed by atoms with Crippen LogP contribution in [0.3, 0.4) is 0 Å². The van der Waals surface area contributed by atoms with E-state index in [9.17, 15) is 0 Å². The van der Waals surface area contributed by atoms with Crippen LogP contribution in [0.2, 0.25) is 0 Å².